The van der Waals surface area contributed by atoms with E-state index in [1.54, 1.807) is 16.7 Å². The first-order valence-corrected chi connectivity index (χ1v) is 7.04. The van der Waals surface area contributed by atoms with Crippen LogP contribution in [0, 0.1) is 5.92 Å². The molecule has 2 atom stereocenters. The molecule has 1 heterocycles. The summed E-state index contributed by atoms with van der Waals surface area (Å²) in [5.41, 5.74) is 5.16. The summed E-state index contributed by atoms with van der Waals surface area (Å²) in [7, 11) is 0. The molecule has 5 nitrogen and oxygen atoms in total. The number of hydrogen-bond donors (Lipinski definition) is 2. The molecule has 3 N–H and O–H groups in total. The van der Waals surface area contributed by atoms with Crippen molar-refractivity contribution in [2.45, 2.75) is 42.6 Å². The fourth-order valence-corrected chi connectivity index (χ4v) is 3.96. The Morgan fingerprint density at radius 2 is 2.00 bits per heavy atom. The summed E-state index contributed by atoms with van der Waals surface area (Å²) in [5, 5.41) is 9.24. The molecule has 2 aliphatic carbocycles. The quantitative estimate of drug-likeness (QED) is 0.756. The predicted octanol–water partition coefficient (Wildman–Crippen LogP) is 0.242. The topological polar surface area (TPSA) is 83.6 Å². The molecule has 3 aliphatic rings. The molecule has 0 aromatic rings. The van der Waals surface area contributed by atoms with E-state index in [-0.39, 0.29) is 11.3 Å². The number of hydrogen-bond acceptors (Lipinski definition) is 4. The number of nitrogens with two attached hydrogens (primary N) is 1. The van der Waals surface area contributed by atoms with Crippen LogP contribution in [0.4, 0.5) is 0 Å². The van der Waals surface area contributed by atoms with Crippen molar-refractivity contribution in [3.8, 4) is 0 Å². The van der Waals surface area contributed by atoms with E-state index in [2.05, 4.69) is 0 Å². The third kappa shape index (κ3) is 1.83. The van der Waals surface area contributed by atoms with Gasteiger partial charge in [-0.25, -0.2) is 4.79 Å². The summed E-state index contributed by atoms with van der Waals surface area (Å²) in [6, 6.07) is -0.681. The van der Waals surface area contributed by atoms with Gasteiger partial charge >= 0.3 is 5.97 Å². The number of carboxylic acid groups (broad SMARTS) is 1. The molecule has 0 aromatic heterocycles. The minimum absolute atomic E-state index is 0.0459. The van der Waals surface area contributed by atoms with Crippen LogP contribution in [0.5, 0.6) is 0 Å². The highest BCUT2D eigenvalue weighted by atomic mass is 32.2. The van der Waals surface area contributed by atoms with Gasteiger partial charge < -0.3 is 15.7 Å². The van der Waals surface area contributed by atoms with Crippen molar-refractivity contribution in [1.29, 1.82) is 0 Å². The Balaban J connectivity index is 1.84. The molecule has 17 heavy (non-hydrogen) atoms. The van der Waals surface area contributed by atoms with Crippen molar-refractivity contribution in [2.24, 2.45) is 11.7 Å². The second-order valence-electron chi connectivity index (χ2n) is 5.28. The van der Waals surface area contributed by atoms with Crippen molar-refractivity contribution in [3.63, 3.8) is 0 Å². The van der Waals surface area contributed by atoms with Crippen LogP contribution in [-0.4, -0.2) is 44.6 Å². The fraction of sp³-hybridized carbons (Fsp3) is 0.818. The number of rotatable bonds is 3. The average molecular weight is 256 g/mol. The Labute approximate surface area is 104 Å². The summed E-state index contributed by atoms with van der Waals surface area (Å²) >= 11 is 1.60. The van der Waals surface area contributed by atoms with Crippen LogP contribution in [0.3, 0.4) is 0 Å². The highest BCUT2D eigenvalue weighted by Crippen LogP contribution is 2.47. The van der Waals surface area contributed by atoms with Crippen LogP contribution in [0.2, 0.25) is 0 Å². The summed E-state index contributed by atoms with van der Waals surface area (Å²) in [6.45, 7) is 0. The van der Waals surface area contributed by atoms with Crippen molar-refractivity contribution in [3.05, 3.63) is 0 Å². The zero-order valence-electron chi connectivity index (χ0n) is 9.46. The first-order chi connectivity index (χ1) is 8.03. The van der Waals surface area contributed by atoms with Crippen molar-refractivity contribution in [2.75, 3.05) is 5.75 Å². The third-order valence-electron chi connectivity index (χ3n) is 3.79. The maximum Gasteiger partial charge on any atom is 0.327 e. The summed E-state index contributed by atoms with van der Waals surface area (Å²) in [4.78, 5) is 25.1. The van der Waals surface area contributed by atoms with E-state index in [1.807, 2.05) is 0 Å². The second-order valence-corrected chi connectivity index (χ2v) is 6.43. The third-order valence-corrected chi connectivity index (χ3v) is 5.26. The Bertz CT molecular complexity index is 379. The van der Waals surface area contributed by atoms with Gasteiger partial charge in [0.15, 0.2) is 0 Å². The number of nitrogens with zero attached hydrogens (tertiary/aromatic N) is 1. The Hall–Kier alpha value is -0.750. The molecule has 1 aliphatic heterocycles. The van der Waals surface area contributed by atoms with Gasteiger partial charge in [-0.05, 0) is 31.6 Å². The number of amides is 1. The van der Waals surface area contributed by atoms with Gasteiger partial charge in [0, 0.05) is 5.75 Å². The molecule has 0 bridgehead atoms. The smallest absolute Gasteiger partial charge is 0.327 e. The minimum atomic E-state index is -0.904. The molecule has 0 radical (unpaired) electrons. The number of carboxylic acids is 1. The Kier molecular flexibility index (Phi) is 2.42. The summed E-state index contributed by atoms with van der Waals surface area (Å²) in [5.74, 6) is -0.0705. The van der Waals surface area contributed by atoms with Crippen molar-refractivity contribution < 1.29 is 14.7 Å². The standard InChI is InChI=1S/C11H16N2O3S/c12-11(3-4-11)10(16)13-7(9(14)15)5-17-8(13)6-1-2-6/h6-8H,1-5,12H2,(H,14,15). The van der Waals surface area contributed by atoms with Crippen LogP contribution in [-0.2, 0) is 9.59 Å². The first-order valence-electron chi connectivity index (χ1n) is 5.99. The average Bonchev–Trinajstić information content (AvgIpc) is 3.19. The predicted molar refractivity (Wildman–Crippen MR) is 63.4 cm³/mol. The molecule has 94 valence electrons. The largest absolute Gasteiger partial charge is 0.480 e. The Morgan fingerprint density at radius 3 is 2.47 bits per heavy atom. The number of carbonyl (C=O) groups excluding carboxylic acids is 1. The Morgan fingerprint density at radius 1 is 1.35 bits per heavy atom. The number of aliphatic carboxylic acids is 1. The molecule has 0 spiro atoms. The van der Waals surface area contributed by atoms with E-state index in [0.29, 0.717) is 24.5 Å². The summed E-state index contributed by atoms with van der Waals surface area (Å²) in [6.07, 6.45) is 3.59. The van der Waals surface area contributed by atoms with Gasteiger partial charge in [0.2, 0.25) is 5.91 Å². The van der Waals surface area contributed by atoms with Gasteiger partial charge in [-0.1, -0.05) is 0 Å². The van der Waals surface area contributed by atoms with E-state index >= 15 is 0 Å². The molecular formula is C11H16N2O3S. The molecule has 3 rings (SSSR count). The van der Waals surface area contributed by atoms with Crippen molar-refractivity contribution >= 4 is 23.6 Å². The van der Waals surface area contributed by atoms with Gasteiger partial charge in [-0.2, -0.15) is 0 Å². The second kappa shape index (κ2) is 3.62. The lowest BCUT2D eigenvalue weighted by molar-refractivity contribution is -0.150. The van der Waals surface area contributed by atoms with Gasteiger partial charge in [0.05, 0.1) is 10.9 Å². The summed E-state index contributed by atoms with van der Waals surface area (Å²) < 4.78 is 0. The molecule has 1 saturated heterocycles. The number of carbonyl (C=O) groups is 2. The normalized spacial score (nSPS) is 34.8. The minimum Gasteiger partial charge on any atom is -0.480 e. The van der Waals surface area contributed by atoms with Crippen LogP contribution in [0.25, 0.3) is 0 Å². The van der Waals surface area contributed by atoms with Crippen LogP contribution in [0.15, 0.2) is 0 Å². The molecule has 6 heteroatoms. The lowest BCUT2D eigenvalue weighted by Gasteiger charge is -2.29. The van der Waals surface area contributed by atoms with E-state index in [1.165, 1.54) is 0 Å². The molecule has 3 fully saturated rings. The van der Waals surface area contributed by atoms with E-state index in [0.717, 1.165) is 12.8 Å². The zero-order chi connectivity index (χ0) is 12.2. The molecule has 0 aromatic carbocycles. The van der Waals surface area contributed by atoms with Crippen LogP contribution in [0.1, 0.15) is 25.7 Å². The SMILES string of the molecule is NC1(C(=O)N2C(C(=O)O)CSC2C2CC2)CC1. The highest BCUT2D eigenvalue weighted by Gasteiger charge is 2.56. The maximum atomic E-state index is 12.3. The maximum absolute atomic E-state index is 12.3. The fourth-order valence-electron chi connectivity index (χ4n) is 2.33. The van der Waals surface area contributed by atoms with Crippen LogP contribution < -0.4 is 5.73 Å². The van der Waals surface area contributed by atoms with Crippen LogP contribution >= 0.6 is 11.8 Å². The zero-order valence-corrected chi connectivity index (χ0v) is 10.3. The van der Waals surface area contributed by atoms with Gasteiger partial charge in [-0.3, -0.25) is 4.79 Å². The van der Waals surface area contributed by atoms with Gasteiger partial charge in [0.25, 0.3) is 0 Å². The van der Waals surface area contributed by atoms with Gasteiger partial charge in [0.1, 0.15) is 6.04 Å². The molecular weight excluding hydrogens is 240 g/mol. The monoisotopic (exact) mass is 256 g/mol. The van der Waals surface area contributed by atoms with E-state index in [4.69, 9.17) is 5.73 Å². The molecule has 1 amide bonds. The molecule has 2 saturated carbocycles. The van der Waals surface area contributed by atoms with E-state index < -0.39 is 17.6 Å². The molecule has 2 unspecified atom stereocenters. The highest BCUT2D eigenvalue weighted by molar-refractivity contribution is 8.00. The lowest BCUT2D eigenvalue weighted by atomic mass is 10.1. The van der Waals surface area contributed by atoms with Gasteiger partial charge in [-0.15, -0.1) is 11.8 Å². The van der Waals surface area contributed by atoms with E-state index in [9.17, 15) is 14.7 Å². The lowest BCUT2D eigenvalue weighted by Crippen LogP contribution is -2.53. The first kappa shape index (κ1) is 11.3. The number of thioether (sulfide) groups is 1. The van der Waals surface area contributed by atoms with Crippen molar-refractivity contribution in [1.82, 2.24) is 4.90 Å².